The summed E-state index contributed by atoms with van der Waals surface area (Å²) in [5.74, 6) is -0.0110. The molecule has 2 aromatic carbocycles. The quantitative estimate of drug-likeness (QED) is 0.159. The number of primary amides is 1. The van der Waals surface area contributed by atoms with Gasteiger partial charge in [0.15, 0.2) is 5.96 Å². The van der Waals surface area contributed by atoms with Crippen molar-refractivity contribution in [2.75, 3.05) is 20.1 Å². The summed E-state index contributed by atoms with van der Waals surface area (Å²) in [6.07, 6.45) is 3.37. The molecule has 0 aliphatic rings. The van der Waals surface area contributed by atoms with Gasteiger partial charge in [-0.25, -0.2) is 4.98 Å². The van der Waals surface area contributed by atoms with Crippen LogP contribution < -0.4 is 17.2 Å². The topological polar surface area (TPSA) is 159 Å². The van der Waals surface area contributed by atoms with E-state index in [1.165, 1.54) is 0 Å². The maximum atomic E-state index is 13.2. The first-order chi connectivity index (χ1) is 18.3. The van der Waals surface area contributed by atoms with Crippen molar-refractivity contribution < 1.29 is 9.59 Å². The molecule has 0 spiro atoms. The van der Waals surface area contributed by atoms with Crippen molar-refractivity contribution >= 4 is 28.8 Å². The molecule has 0 aliphatic carbocycles. The highest BCUT2D eigenvalue weighted by Crippen LogP contribution is 2.31. The van der Waals surface area contributed by atoms with Gasteiger partial charge in [0.2, 0.25) is 5.91 Å². The van der Waals surface area contributed by atoms with Crippen molar-refractivity contribution in [1.82, 2.24) is 19.4 Å². The van der Waals surface area contributed by atoms with Crippen molar-refractivity contribution in [3.8, 4) is 11.4 Å². The summed E-state index contributed by atoms with van der Waals surface area (Å²) in [7, 11) is 1.77. The monoisotopic (exact) mass is 512 g/mol. The second-order valence-corrected chi connectivity index (χ2v) is 9.04. The number of amides is 2. The highest BCUT2D eigenvalue weighted by atomic mass is 16.2. The van der Waals surface area contributed by atoms with Gasteiger partial charge >= 0.3 is 0 Å². The lowest BCUT2D eigenvalue weighted by atomic mass is 10.1. The molecule has 0 radical (unpaired) electrons. The summed E-state index contributed by atoms with van der Waals surface area (Å²) in [6.45, 7) is 0.903. The van der Waals surface area contributed by atoms with Crippen LogP contribution in [0.25, 0.3) is 22.4 Å². The third kappa shape index (κ3) is 6.15. The second kappa shape index (κ2) is 12.0. The maximum absolute atomic E-state index is 13.2. The minimum Gasteiger partial charge on any atom is -0.370 e. The molecule has 10 heteroatoms. The fourth-order valence-electron chi connectivity index (χ4n) is 4.38. The molecule has 2 heterocycles. The predicted molar refractivity (Wildman–Crippen MR) is 148 cm³/mol. The van der Waals surface area contributed by atoms with E-state index in [1.807, 2.05) is 59.2 Å². The Labute approximate surface area is 221 Å². The minimum absolute atomic E-state index is 0.000811. The molecular formula is C28H32N8O2. The van der Waals surface area contributed by atoms with Gasteiger partial charge < -0.3 is 26.7 Å². The smallest absolute Gasteiger partial charge is 0.253 e. The van der Waals surface area contributed by atoms with E-state index in [0.29, 0.717) is 54.8 Å². The molecule has 196 valence electrons. The molecule has 0 fully saturated rings. The number of likely N-dealkylation sites (N-methyl/N-ethyl adjacent to an activating group) is 1. The predicted octanol–water partition coefficient (Wildman–Crippen LogP) is 2.49. The van der Waals surface area contributed by atoms with Crippen LogP contribution in [0.2, 0.25) is 0 Å². The molecule has 2 aromatic heterocycles. The number of fused-ring (bicyclic) bond motifs is 1. The average molecular weight is 513 g/mol. The Morgan fingerprint density at radius 3 is 2.47 bits per heavy atom. The molecule has 4 aromatic rings. The van der Waals surface area contributed by atoms with Crippen molar-refractivity contribution in [2.24, 2.45) is 22.2 Å². The van der Waals surface area contributed by atoms with Crippen LogP contribution in [0.5, 0.6) is 0 Å². The minimum atomic E-state index is -0.674. The van der Waals surface area contributed by atoms with Crippen LogP contribution in [0.4, 0.5) is 0 Å². The standard InChI is InChI=1S/C28H32N8O2/c1-35(17-14-21-10-5-6-15-32-21)27(38)20-12-13-23-22(18-20)34-26(19-8-3-2-4-9-19)36(23)24(25(29)37)11-7-16-33-28(30)31/h2-6,8-10,12-13,15,18,24H,7,11,14,16-17H2,1H3,(H2,29,37)(H4,30,31,33)/t24-/m0/s1. The van der Waals surface area contributed by atoms with Gasteiger partial charge in [-0.05, 0) is 43.2 Å². The highest BCUT2D eigenvalue weighted by Gasteiger charge is 2.25. The van der Waals surface area contributed by atoms with Gasteiger partial charge in [-0.15, -0.1) is 0 Å². The molecular weight excluding hydrogens is 480 g/mol. The molecule has 4 rings (SSSR count). The first kappa shape index (κ1) is 26.3. The first-order valence-electron chi connectivity index (χ1n) is 12.4. The van der Waals surface area contributed by atoms with Gasteiger partial charge in [-0.3, -0.25) is 19.6 Å². The van der Waals surface area contributed by atoms with Crippen LogP contribution in [0.3, 0.4) is 0 Å². The van der Waals surface area contributed by atoms with Crippen LogP contribution >= 0.6 is 0 Å². The van der Waals surface area contributed by atoms with Gasteiger partial charge in [0, 0.05) is 49.6 Å². The number of hydrogen-bond donors (Lipinski definition) is 3. The number of carbonyl (C=O) groups excluding carboxylic acids is 2. The Morgan fingerprint density at radius 2 is 1.79 bits per heavy atom. The van der Waals surface area contributed by atoms with Gasteiger partial charge in [0.1, 0.15) is 11.9 Å². The number of carbonyl (C=O) groups is 2. The van der Waals surface area contributed by atoms with Gasteiger partial charge in [0.25, 0.3) is 5.91 Å². The third-order valence-corrected chi connectivity index (χ3v) is 6.31. The maximum Gasteiger partial charge on any atom is 0.253 e. The number of hydrogen-bond acceptors (Lipinski definition) is 5. The van der Waals surface area contributed by atoms with E-state index in [4.69, 9.17) is 22.2 Å². The molecule has 1 atom stereocenters. The SMILES string of the molecule is CN(CCc1ccccn1)C(=O)c1ccc2c(c1)nc(-c1ccccc1)n2[C@@H](CCCN=C(N)N)C(N)=O. The highest BCUT2D eigenvalue weighted by molar-refractivity contribution is 5.98. The second-order valence-electron chi connectivity index (χ2n) is 9.04. The van der Waals surface area contributed by atoms with Gasteiger partial charge in [-0.2, -0.15) is 0 Å². The average Bonchev–Trinajstić information content (AvgIpc) is 3.30. The molecule has 38 heavy (non-hydrogen) atoms. The zero-order valence-electron chi connectivity index (χ0n) is 21.3. The summed E-state index contributed by atoms with van der Waals surface area (Å²) in [4.78, 5) is 40.7. The zero-order valence-corrected chi connectivity index (χ0v) is 21.3. The Morgan fingerprint density at radius 1 is 1.03 bits per heavy atom. The third-order valence-electron chi connectivity index (χ3n) is 6.31. The Balaban J connectivity index is 1.66. The zero-order chi connectivity index (χ0) is 27.1. The van der Waals surface area contributed by atoms with Crippen molar-refractivity contribution in [3.05, 3.63) is 84.2 Å². The number of pyridine rings is 1. The lowest BCUT2D eigenvalue weighted by Gasteiger charge is -2.19. The number of guanidine groups is 1. The van der Waals surface area contributed by atoms with E-state index < -0.39 is 11.9 Å². The van der Waals surface area contributed by atoms with E-state index in [9.17, 15) is 9.59 Å². The Hall–Kier alpha value is -4.73. The Kier molecular flexibility index (Phi) is 8.32. The molecule has 0 bridgehead atoms. The molecule has 6 N–H and O–H groups in total. The first-order valence-corrected chi connectivity index (χ1v) is 12.4. The summed E-state index contributed by atoms with van der Waals surface area (Å²) in [5.41, 5.74) is 20.3. The van der Waals surface area contributed by atoms with Crippen LogP contribution in [0, 0.1) is 0 Å². The normalized spacial score (nSPS) is 11.7. The Bertz CT molecular complexity index is 1430. The fourth-order valence-corrected chi connectivity index (χ4v) is 4.38. The number of imidazole rings is 1. The van der Waals surface area contributed by atoms with Crippen LogP contribution in [-0.2, 0) is 11.2 Å². The lowest BCUT2D eigenvalue weighted by molar-refractivity contribution is -0.121. The number of rotatable bonds is 11. The number of nitrogens with two attached hydrogens (primary N) is 3. The molecule has 0 unspecified atom stereocenters. The van der Waals surface area contributed by atoms with E-state index in [1.54, 1.807) is 30.3 Å². The number of nitrogens with zero attached hydrogens (tertiary/aromatic N) is 5. The molecule has 0 saturated heterocycles. The van der Waals surface area contributed by atoms with Crippen LogP contribution in [0.15, 0.2) is 77.9 Å². The molecule has 0 saturated carbocycles. The van der Waals surface area contributed by atoms with Crippen LogP contribution in [-0.4, -0.2) is 57.3 Å². The van der Waals surface area contributed by atoms with Gasteiger partial charge in [-0.1, -0.05) is 36.4 Å². The van der Waals surface area contributed by atoms with Crippen molar-refractivity contribution in [2.45, 2.75) is 25.3 Å². The summed E-state index contributed by atoms with van der Waals surface area (Å²) < 4.78 is 1.85. The van der Waals surface area contributed by atoms with Gasteiger partial charge in [0.05, 0.1) is 11.0 Å². The molecule has 2 amide bonds. The fraction of sp³-hybridized carbons (Fsp3) is 0.250. The van der Waals surface area contributed by atoms with E-state index in [-0.39, 0.29) is 11.9 Å². The number of benzene rings is 2. The largest absolute Gasteiger partial charge is 0.370 e. The lowest BCUT2D eigenvalue weighted by Crippen LogP contribution is -2.29. The van der Waals surface area contributed by atoms with E-state index in [0.717, 1.165) is 11.3 Å². The summed E-state index contributed by atoms with van der Waals surface area (Å²) in [5, 5.41) is 0. The van der Waals surface area contributed by atoms with Crippen LogP contribution in [0.1, 0.15) is 34.9 Å². The van der Waals surface area contributed by atoms with E-state index in [2.05, 4.69) is 9.98 Å². The molecule has 0 aliphatic heterocycles. The summed E-state index contributed by atoms with van der Waals surface area (Å²) in [6, 6.07) is 20.0. The molecule has 10 nitrogen and oxygen atoms in total. The van der Waals surface area contributed by atoms with E-state index >= 15 is 0 Å². The van der Waals surface area contributed by atoms with Crippen molar-refractivity contribution in [3.63, 3.8) is 0 Å². The van der Waals surface area contributed by atoms with Crippen molar-refractivity contribution in [1.29, 1.82) is 0 Å². The number of aliphatic imine (C=N–C) groups is 1. The summed E-state index contributed by atoms with van der Waals surface area (Å²) >= 11 is 0. The number of aromatic nitrogens is 3.